The van der Waals surface area contributed by atoms with E-state index in [1.807, 2.05) is 17.5 Å². The number of thioether (sulfide) groups is 1. The third kappa shape index (κ3) is 5.47. The summed E-state index contributed by atoms with van der Waals surface area (Å²) < 4.78 is 5.08. The number of thiophene rings is 1. The standard InChI is InChI=1S/C15H15N5O3S2/c21-13(18-14(22)16-8-10-3-1-5-23-10)9-25-15-17-12(19-20-15)7-11-4-2-6-24-11/h1-6H,7-9H2,(H,17,19,20)(H2,16,18,21,22). The number of amides is 3. The molecule has 0 aliphatic carbocycles. The molecule has 0 aromatic carbocycles. The number of hydrogen-bond donors (Lipinski definition) is 3. The van der Waals surface area contributed by atoms with Crippen molar-refractivity contribution < 1.29 is 14.0 Å². The summed E-state index contributed by atoms with van der Waals surface area (Å²) in [7, 11) is 0. The van der Waals surface area contributed by atoms with E-state index in [-0.39, 0.29) is 12.3 Å². The summed E-state index contributed by atoms with van der Waals surface area (Å²) in [4.78, 5) is 28.9. The van der Waals surface area contributed by atoms with Gasteiger partial charge < -0.3 is 9.73 Å². The fourth-order valence-electron chi connectivity index (χ4n) is 1.92. The van der Waals surface area contributed by atoms with E-state index in [0.717, 1.165) is 17.6 Å². The number of nitrogens with zero attached hydrogens (tertiary/aromatic N) is 2. The van der Waals surface area contributed by atoms with Crippen molar-refractivity contribution in [3.63, 3.8) is 0 Å². The van der Waals surface area contributed by atoms with Crippen LogP contribution in [0.2, 0.25) is 0 Å². The first-order chi connectivity index (χ1) is 12.2. The van der Waals surface area contributed by atoms with Gasteiger partial charge in [-0.25, -0.2) is 9.78 Å². The fraction of sp³-hybridized carbons (Fsp3) is 0.200. The largest absolute Gasteiger partial charge is 0.467 e. The molecule has 0 saturated heterocycles. The third-order valence-corrected chi connectivity index (χ3v) is 4.75. The van der Waals surface area contributed by atoms with E-state index in [9.17, 15) is 9.59 Å². The molecule has 8 nitrogen and oxygen atoms in total. The van der Waals surface area contributed by atoms with Crippen LogP contribution in [0.25, 0.3) is 0 Å². The Balaban J connectivity index is 1.38. The Bertz CT molecular complexity index is 814. The number of carbonyl (C=O) groups is 2. The number of furan rings is 1. The molecule has 0 saturated carbocycles. The van der Waals surface area contributed by atoms with Crippen LogP contribution in [0.4, 0.5) is 4.79 Å². The highest BCUT2D eigenvalue weighted by atomic mass is 32.2. The Hall–Kier alpha value is -2.59. The summed E-state index contributed by atoms with van der Waals surface area (Å²) in [5.74, 6) is 0.967. The molecule has 3 rings (SSSR count). The van der Waals surface area contributed by atoms with E-state index in [1.165, 1.54) is 11.1 Å². The lowest BCUT2D eigenvalue weighted by molar-refractivity contribution is -0.117. The number of hydrogen-bond acceptors (Lipinski definition) is 7. The van der Waals surface area contributed by atoms with E-state index in [2.05, 4.69) is 25.8 Å². The molecular formula is C15H15N5O3S2. The van der Waals surface area contributed by atoms with Crippen LogP contribution in [0.1, 0.15) is 16.5 Å². The van der Waals surface area contributed by atoms with Crippen LogP contribution in [0.15, 0.2) is 45.5 Å². The molecule has 25 heavy (non-hydrogen) atoms. The highest BCUT2D eigenvalue weighted by Gasteiger charge is 2.11. The van der Waals surface area contributed by atoms with E-state index in [0.29, 0.717) is 17.3 Å². The van der Waals surface area contributed by atoms with Gasteiger partial charge in [-0.1, -0.05) is 17.8 Å². The first-order valence-corrected chi connectivity index (χ1v) is 9.22. The molecule has 0 radical (unpaired) electrons. The maximum atomic E-state index is 11.8. The van der Waals surface area contributed by atoms with Crippen LogP contribution in [0.3, 0.4) is 0 Å². The number of imide groups is 1. The number of aromatic amines is 1. The highest BCUT2D eigenvalue weighted by Crippen LogP contribution is 2.15. The van der Waals surface area contributed by atoms with Crippen molar-refractivity contribution >= 4 is 35.0 Å². The molecule has 3 aromatic heterocycles. The predicted molar refractivity (Wildman–Crippen MR) is 93.3 cm³/mol. The van der Waals surface area contributed by atoms with Crippen molar-refractivity contribution in [2.45, 2.75) is 18.1 Å². The number of carbonyl (C=O) groups excluding carboxylic acids is 2. The number of urea groups is 1. The second-order valence-corrected chi connectivity index (χ2v) is 6.89. The molecule has 3 aromatic rings. The molecular weight excluding hydrogens is 362 g/mol. The summed E-state index contributed by atoms with van der Waals surface area (Å²) in [5, 5.41) is 14.2. The lowest BCUT2D eigenvalue weighted by Crippen LogP contribution is -2.39. The SMILES string of the molecule is O=C(CSc1n[nH]c(Cc2cccs2)n1)NC(=O)NCc1ccco1. The topological polar surface area (TPSA) is 113 Å². The van der Waals surface area contributed by atoms with Crippen molar-refractivity contribution in [3.05, 3.63) is 52.4 Å². The number of aromatic nitrogens is 3. The minimum absolute atomic E-state index is 0.0461. The van der Waals surface area contributed by atoms with Gasteiger partial charge in [-0.05, 0) is 23.6 Å². The molecule has 0 atom stereocenters. The predicted octanol–water partition coefficient (Wildman–Crippen LogP) is 2.17. The Morgan fingerprint density at radius 3 is 3.00 bits per heavy atom. The molecule has 0 aliphatic rings. The van der Waals surface area contributed by atoms with E-state index >= 15 is 0 Å². The summed E-state index contributed by atoms with van der Waals surface area (Å²) >= 11 is 2.80. The van der Waals surface area contributed by atoms with Gasteiger partial charge in [0.05, 0.1) is 18.6 Å². The summed E-state index contributed by atoms with van der Waals surface area (Å²) in [6, 6.07) is 6.88. The maximum absolute atomic E-state index is 11.8. The van der Waals surface area contributed by atoms with Crippen LogP contribution >= 0.6 is 23.1 Å². The quantitative estimate of drug-likeness (QED) is 0.544. The second kappa shape index (κ2) is 8.49. The maximum Gasteiger partial charge on any atom is 0.321 e. The summed E-state index contributed by atoms with van der Waals surface area (Å²) in [6.07, 6.45) is 2.19. The minimum atomic E-state index is -0.574. The molecule has 0 unspecified atom stereocenters. The van der Waals surface area contributed by atoms with E-state index in [4.69, 9.17) is 4.42 Å². The fourth-order valence-corrected chi connectivity index (χ4v) is 3.24. The average Bonchev–Trinajstić information content (AvgIpc) is 3.35. The Morgan fingerprint density at radius 1 is 1.32 bits per heavy atom. The second-order valence-electron chi connectivity index (χ2n) is 4.92. The van der Waals surface area contributed by atoms with Crippen molar-refractivity contribution in [3.8, 4) is 0 Å². The van der Waals surface area contributed by atoms with Crippen molar-refractivity contribution in [2.24, 2.45) is 0 Å². The lowest BCUT2D eigenvalue weighted by atomic mass is 10.3. The van der Waals surface area contributed by atoms with Gasteiger partial charge in [0.15, 0.2) is 0 Å². The molecule has 0 spiro atoms. The molecule has 0 bridgehead atoms. The molecule has 3 heterocycles. The van der Waals surface area contributed by atoms with Crippen LogP contribution < -0.4 is 10.6 Å². The number of H-pyrrole nitrogens is 1. The Morgan fingerprint density at radius 2 is 2.24 bits per heavy atom. The van der Waals surface area contributed by atoms with Gasteiger partial charge in [-0.3, -0.25) is 15.2 Å². The zero-order valence-corrected chi connectivity index (χ0v) is 14.7. The highest BCUT2D eigenvalue weighted by molar-refractivity contribution is 7.99. The van der Waals surface area contributed by atoms with E-state index < -0.39 is 11.9 Å². The molecule has 3 N–H and O–H groups in total. The Kier molecular flexibility index (Phi) is 5.86. The number of rotatable bonds is 7. The first-order valence-electron chi connectivity index (χ1n) is 7.35. The van der Waals surface area contributed by atoms with Gasteiger partial charge in [0, 0.05) is 11.3 Å². The van der Waals surface area contributed by atoms with Crippen LogP contribution in [-0.4, -0.2) is 32.9 Å². The Labute approximate surface area is 151 Å². The first kappa shape index (κ1) is 17.2. The van der Waals surface area contributed by atoms with Gasteiger partial charge in [0.25, 0.3) is 0 Å². The van der Waals surface area contributed by atoms with Gasteiger partial charge in [-0.15, -0.1) is 16.4 Å². The smallest absolute Gasteiger partial charge is 0.321 e. The summed E-state index contributed by atoms with van der Waals surface area (Å²) in [5.41, 5.74) is 0. The minimum Gasteiger partial charge on any atom is -0.467 e. The van der Waals surface area contributed by atoms with E-state index in [1.54, 1.807) is 23.5 Å². The number of nitrogens with one attached hydrogen (secondary N) is 3. The van der Waals surface area contributed by atoms with Crippen molar-refractivity contribution in [1.29, 1.82) is 0 Å². The van der Waals surface area contributed by atoms with Crippen LogP contribution in [0, 0.1) is 0 Å². The van der Waals surface area contributed by atoms with Gasteiger partial charge in [0.1, 0.15) is 11.6 Å². The third-order valence-electron chi connectivity index (χ3n) is 3.02. The average molecular weight is 377 g/mol. The monoisotopic (exact) mass is 377 g/mol. The summed E-state index contributed by atoms with van der Waals surface area (Å²) in [6.45, 7) is 0.215. The molecule has 10 heteroatoms. The lowest BCUT2D eigenvalue weighted by Gasteiger charge is -2.04. The van der Waals surface area contributed by atoms with Crippen molar-refractivity contribution in [2.75, 3.05) is 5.75 Å². The van der Waals surface area contributed by atoms with Gasteiger partial charge in [0.2, 0.25) is 11.1 Å². The normalized spacial score (nSPS) is 10.6. The van der Waals surface area contributed by atoms with Crippen molar-refractivity contribution in [1.82, 2.24) is 25.8 Å². The molecule has 0 aliphatic heterocycles. The van der Waals surface area contributed by atoms with Gasteiger partial charge >= 0.3 is 6.03 Å². The van der Waals surface area contributed by atoms with Crippen LogP contribution in [-0.2, 0) is 17.8 Å². The van der Waals surface area contributed by atoms with Gasteiger partial charge in [-0.2, -0.15) is 0 Å². The molecule has 0 fully saturated rings. The molecule has 130 valence electrons. The zero-order chi connectivity index (χ0) is 17.5. The molecule has 3 amide bonds. The zero-order valence-electron chi connectivity index (χ0n) is 13.0. The van der Waals surface area contributed by atoms with Crippen LogP contribution in [0.5, 0.6) is 0 Å².